The molecule has 0 saturated heterocycles. The van der Waals surface area contributed by atoms with Crippen LogP contribution in [-0.2, 0) is 38.1 Å². The number of esters is 2. The molecule has 0 radical (unpaired) electrons. The zero-order valence-electron chi connectivity index (χ0n) is 15.7. The summed E-state index contributed by atoms with van der Waals surface area (Å²) in [7, 11) is 0. The molecular weight excluding hydrogens is 380 g/mol. The lowest BCUT2D eigenvalue weighted by Crippen LogP contribution is -2.36. The van der Waals surface area contributed by atoms with Gasteiger partial charge in [0.25, 0.3) is 0 Å². The molecule has 0 saturated carbocycles. The van der Waals surface area contributed by atoms with E-state index in [-0.39, 0.29) is 63.9 Å². The number of alkyl carbamates (subject to hydrolysis) is 2. The average molecular weight is 404 g/mol. The molecule has 0 fully saturated rings. The van der Waals surface area contributed by atoms with E-state index in [1.165, 1.54) is 13.8 Å². The maximum Gasteiger partial charge on any atom is 0.407 e. The molecule has 0 unspecified atom stereocenters. The number of nitrogens with one attached hydrogen (secondary N) is 2. The molecule has 0 aliphatic carbocycles. The van der Waals surface area contributed by atoms with E-state index >= 15 is 0 Å². The number of hydrogen-bond donors (Lipinski definition) is 2. The molecule has 158 valence electrons. The van der Waals surface area contributed by atoms with Gasteiger partial charge in [0.1, 0.15) is 50.8 Å². The zero-order valence-corrected chi connectivity index (χ0v) is 15.7. The van der Waals surface area contributed by atoms with Crippen molar-refractivity contribution in [1.29, 1.82) is 0 Å². The van der Waals surface area contributed by atoms with Crippen molar-refractivity contribution in [3.63, 3.8) is 0 Å². The summed E-state index contributed by atoms with van der Waals surface area (Å²) < 4.78 is 18.7. The van der Waals surface area contributed by atoms with Crippen LogP contribution in [0.4, 0.5) is 9.59 Å². The van der Waals surface area contributed by atoms with Crippen LogP contribution in [-0.4, -0.2) is 75.2 Å². The fraction of sp³-hybridized carbons (Fsp3) is 0.625. The molecule has 0 heterocycles. The summed E-state index contributed by atoms with van der Waals surface area (Å²) in [6, 6.07) is 0. The number of ether oxygens (including phenoxy) is 4. The van der Waals surface area contributed by atoms with Gasteiger partial charge in [-0.2, -0.15) is 0 Å². The minimum Gasteiger partial charge on any atom is -0.462 e. The third-order valence-electron chi connectivity index (χ3n) is 2.61. The van der Waals surface area contributed by atoms with Crippen LogP contribution in [0.25, 0.3) is 0 Å². The third-order valence-corrected chi connectivity index (χ3v) is 2.61. The Kier molecular flexibility index (Phi) is 13.2. The molecule has 0 aliphatic rings. The van der Waals surface area contributed by atoms with Crippen LogP contribution in [0.5, 0.6) is 0 Å². The van der Waals surface area contributed by atoms with Gasteiger partial charge < -0.3 is 29.6 Å². The standard InChI is InChI=1S/C16H24N2O10/c1-11(19)9-13(21)25-5-7-27-15(23)17-3-4-18-16(24)28-8-6-26-14(22)10-12(2)20/h3-10H2,1-2H3,(H,17,23)(H,18,24). The Balaban J connectivity index is 3.57. The number of amides is 2. The number of carbonyl (C=O) groups excluding carboxylic acids is 6. The van der Waals surface area contributed by atoms with Gasteiger partial charge in [0, 0.05) is 13.1 Å². The van der Waals surface area contributed by atoms with E-state index in [1.54, 1.807) is 0 Å². The van der Waals surface area contributed by atoms with Crippen LogP contribution in [0, 0.1) is 0 Å². The minimum absolute atomic E-state index is 0.0473. The summed E-state index contributed by atoms with van der Waals surface area (Å²) in [4.78, 5) is 66.1. The molecular formula is C16H24N2O10. The fourth-order valence-corrected chi connectivity index (χ4v) is 1.52. The Morgan fingerprint density at radius 1 is 0.571 bits per heavy atom. The molecule has 0 aromatic heterocycles. The second-order valence-electron chi connectivity index (χ2n) is 5.32. The van der Waals surface area contributed by atoms with Gasteiger partial charge >= 0.3 is 24.1 Å². The van der Waals surface area contributed by atoms with E-state index in [0.717, 1.165) is 0 Å². The van der Waals surface area contributed by atoms with E-state index in [4.69, 9.17) is 9.47 Å². The molecule has 0 rings (SSSR count). The SMILES string of the molecule is CC(=O)CC(=O)OCCOC(=O)NCCNC(=O)OCCOC(=O)CC(C)=O. The van der Waals surface area contributed by atoms with Crippen molar-refractivity contribution in [3.05, 3.63) is 0 Å². The van der Waals surface area contributed by atoms with Gasteiger partial charge in [0.15, 0.2) is 0 Å². The predicted octanol–water partition coefficient (Wildman–Crippen LogP) is -0.517. The summed E-state index contributed by atoms with van der Waals surface area (Å²) in [5.74, 6) is -2.06. The van der Waals surface area contributed by atoms with E-state index in [2.05, 4.69) is 20.1 Å². The van der Waals surface area contributed by atoms with Crippen molar-refractivity contribution in [1.82, 2.24) is 10.6 Å². The first-order chi connectivity index (χ1) is 13.2. The Bertz CT molecular complexity index is 526. The molecule has 12 heteroatoms. The maximum absolute atomic E-state index is 11.3. The number of carbonyl (C=O) groups is 6. The van der Waals surface area contributed by atoms with Crippen LogP contribution >= 0.6 is 0 Å². The monoisotopic (exact) mass is 404 g/mol. The molecule has 28 heavy (non-hydrogen) atoms. The average Bonchev–Trinajstić information content (AvgIpc) is 2.58. The van der Waals surface area contributed by atoms with E-state index in [0.29, 0.717) is 0 Å². The number of hydrogen-bond acceptors (Lipinski definition) is 10. The number of Topliss-reactive ketones (excluding diaryl/α,β-unsaturated/α-hetero) is 2. The van der Waals surface area contributed by atoms with Crippen LogP contribution < -0.4 is 10.6 Å². The lowest BCUT2D eigenvalue weighted by molar-refractivity contribution is -0.148. The van der Waals surface area contributed by atoms with Crippen LogP contribution in [0.3, 0.4) is 0 Å². The quantitative estimate of drug-likeness (QED) is 0.177. The smallest absolute Gasteiger partial charge is 0.407 e. The second-order valence-corrected chi connectivity index (χ2v) is 5.32. The summed E-state index contributed by atoms with van der Waals surface area (Å²) in [5, 5.41) is 4.66. The highest BCUT2D eigenvalue weighted by molar-refractivity contribution is 5.94. The topological polar surface area (TPSA) is 163 Å². The Labute approximate surface area is 161 Å². The summed E-state index contributed by atoms with van der Waals surface area (Å²) in [6.07, 6.45) is -2.24. The number of ketones is 2. The van der Waals surface area contributed by atoms with Crippen LogP contribution in [0.1, 0.15) is 26.7 Å². The predicted molar refractivity (Wildman–Crippen MR) is 91.2 cm³/mol. The van der Waals surface area contributed by atoms with E-state index in [1.807, 2.05) is 0 Å². The van der Waals surface area contributed by atoms with Crippen molar-refractivity contribution >= 4 is 35.7 Å². The Hall–Kier alpha value is -3.18. The largest absolute Gasteiger partial charge is 0.462 e. The lowest BCUT2D eigenvalue weighted by Gasteiger charge is -2.09. The summed E-state index contributed by atoms with van der Waals surface area (Å²) >= 11 is 0. The molecule has 0 bridgehead atoms. The molecule has 0 aliphatic heterocycles. The van der Waals surface area contributed by atoms with Gasteiger partial charge in [0.2, 0.25) is 0 Å². The van der Waals surface area contributed by atoms with Crippen LogP contribution in [0.2, 0.25) is 0 Å². The third kappa shape index (κ3) is 16.3. The molecule has 0 atom stereocenters. The van der Waals surface area contributed by atoms with Gasteiger partial charge in [-0.1, -0.05) is 0 Å². The Morgan fingerprint density at radius 2 is 0.893 bits per heavy atom. The number of rotatable bonds is 13. The van der Waals surface area contributed by atoms with E-state index in [9.17, 15) is 28.8 Å². The van der Waals surface area contributed by atoms with Gasteiger partial charge in [0.05, 0.1) is 0 Å². The van der Waals surface area contributed by atoms with Gasteiger partial charge in [-0.15, -0.1) is 0 Å². The van der Waals surface area contributed by atoms with Crippen LogP contribution in [0.15, 0.2) is 0 Å². The first kappa shape index (κ1) is 24.8. The van der Waals surface area contributed by atoms with Crippen molar-refractivity contribution in [2.75, 3.05) is 39.5 Å². The Morgan fingerprint density at radius 3 is 1.21 bits per heavy atom. The lowest BCUT2D eigenvalue weighted by atomic mass is 10.3. The second kappa shape index (κ2) is 14.9. The van der Waals surface area contributed by atoms with Crippen molar-refractivity contribution in [2.45, 2.75) is 26.7 Å². The van der Waals surface area contributed by atoms with E-state index < -0.39 is 24.1 Å². The molecule has 0 spiro atoms. The van der Waals surface area contributed by atoms with Gasteiger partial charge in [-0.05, 0) is 13.8 Å². The van der Waals surface area contributed by atoms with Crippen molar-refractivity contribution < 1.29 is 47.7 Å². The van der Waals surface area contributed by atoms with Gasteiger partial charge in [-0.25, -0.2) is 9.59 Å². The zero-order chi connectivity index (χ0) is 21.4. The highest BCUT2D eigenvalue weighted by Gasteiger charge is 2.08. The fourth-order valence-electron chi connectivity index (χ4n) is 1.52. The molecule has 0 aromatic carbocycles. The van der Waals surface area contributed by atoms with Gasteiger partial charge in [-0.3, -0.25) is 19.2 Å². The molecule has 2 N–H and O–H groups in total. The highest BCUT2D eigenvalue weighted by atomic mass is 16.6. The molecule has 2 amide bonds. The summed E-state index contributed by atoms with van der Waals surface area (Å²) in [6.45, 7) is 1.86. The minimum atomic E-state index is -0.782. The molecule has 12 nitrogen and oxygen atoms in total. The first-order valence-electron chi connectivity index (χ1n) is 8.32. The summed E-state index contributed by atoms with van der Waals surface area (Å²) in [5.41, 5.74) is 0. The van der Waals surface area contributed by atoms with Crippen molar-refractivity contribution in [3.8, 4) is 0 Å². The van der Waals surface area contributed by atoms with Crippen molar-refractivity contribution in [2.24, 2.45) is 0 Å². The first-order valence-corrected chi connectivity index (χ1v) is 8.32. The highest BCUT2D eigenvalue weighted by Crippen LogP contribution is 1.90. The molecule has 0 aromatic rings. The normalized spacial score (nSPS) is 9.64. The maximum atomic E-state index is 11.3.